The van der Waals surface area contributed by atoms with Crippen LogP contribution < -0.4 is 0 Å². The minimum atomic E-state index is -0.126. The zero-order chi connectivity index (χ0) is 8.72. The van der Waals surface area contributed by atoms with Gasteiger partial charge in [-0.1, -0.05) is 12.1 Å². The van der Waals surface area contributed by atoms with Crippen LogP contribution in [-0.4, -0.2) is 10.3 Å². The van der Waals surface area contributed by atoms with Gasteiger partial charge in [0.2, 0.25) is 0 Å². The molecule has 1 aliphatic heterocycles. The first-order valence-electron chi connectivity index (χ1n) is 3.45. The van der Waals surface area contributed by atoms with Crippen LogP contribution >= 0.6 is 27.7 Å². The van der Waals surface area contributed by atoms with E-state index in [0.717, 1.165) is 10.0 Å². The Kier molecular flexibility index (Phi) is 1.85. The molecule has 0 saturated heterocycles. The Morgan fingerprint density at radius 1 is 1.50 bits per heavy atom. The summed E-state index contributed by atoms with van der Waals surface area (Å²) in [6, 6.07) is 5.64. The highest BCUT2D eigenvalue weighted by molar-refractivity contribution is 9.10. The number of fused-ring (bicyclic) bond motifs is 1. The molecule has 2 rings (SSSR count). The number of carbonyl (C=O) groups is 1. The number of rotatable bonds is 0. The van der Waals surface area contributed by atoms with Gasteiger partial charge in [0.15, 0.2) is 0 Å². The van der Waals surface area contributed by atoms with E-state index in [4.69, 9.17) is 11.8 Å². The lowest BCUT2D eigenvalue weighted by Gasteiger charge is -2.00. The molecule has 0 bridgehead atoms. The summed E-state index contributed by atoms with van der Waals surface area (Å²) >= 11 is 8.97. The molecule has 2 nitrogen and oxygen atoms in total. The van der Waals surface area contributed by atoms with Gasteiger partial charge >= 0.3 is 0 Å². The molecule has 1 aliphatic rings. The summed E-state index contributed by atoms with van der Waals surface area (Å²) in [5.41, 5.74) is 1.66. The Morgan fingerprint density at radius 2 is 2.25 bits per heavy atom. The molecule has 1 heterocycles. The molecule has 0 saturated carbocycles. The standard InChI is InChI=1S/C8H5BrClNO/c9-6-3-1-2-5-4-11(10)8(12)7(5)6/h1-3H,4H2. The van der Waals surface area contributed by atoms with Gasteiger partial charge in [-0.2, -0.15) is 0 Å². The third-order valence-corrected chi connectivity index (χ3v) is 2.78. The predicted octanol–water partition coefficient (Wildman–Crippen LogP) is 2.56. The fourth-order valence-corrected chi connectivity index (χ4v) is 2.07. The Hall–Kier alpha value is -0.540. The average Bonchev–Trinajstić information content (AvgIpc) is 2.29. The summed E-state index contributed by atoms with van der Waals surface area (Å²) in [5.74, 6) is -0.126. The minimum absolute atomic E-state index is 0.126. The van der Waals surface area contributed by atoms with Gasteiger partial charge in [-0.15, -0.1) is 0 Å². The van der Waals surface area contributed by atoms with Crippen LogP contribution in [0.5, 0.6) is 0 Å². The summed E-state index contributed by atoms with van der Waals surface area (Å²) < 4.78 is 2.00. The lowest BCUT2D eigenvalue weighted by molar-refractivity contribution is 0.0881. The maximum absolute atomic E-state index is 11.4. The third-order valence-electron chi connectivity index (χ3n) is 1.84. The molecule has 4 heteroatoms. The van der Waals surface area contributed by atoms with Crippen LogP contribution in [0.1, 0.15) is 15.9 Å². The molecule has 0 unspecified atom stereocenters. The molecule has 0 aromatic heterocycles. The van der Waals surface area contributed by atoms with E-state index in [1.54, 1.807) is 0 Å². The molecule has 0 spiro atoms. The van der Waals surface area contributed by atoms with Crippen LogP contribution in [0.15, 0.2) is 22.7 Å². The SMILES string of the molecule is O=C1c2c(Br)cccc2CN1Cl. The molecule has 1 aromatic carbocycles. The van der Waals surface area contributed by atoms with Crippen molar-refractivity contribution in [1.82, 2.24) is 4.42 Å². The smallest absolute Gasteiger partial charge is 0.268 e. The molecule has 0 atom stereocenters. The molecule has 1 amide bonds. The highest BCUT2D eigenvalue weighted by Crippen LogP contribution is 2.29. The first kappa shape index (κ1) is 8.08. The van der Waals surface area contributed by atoms with E-state index in [1.165, 1.54) is 4.42 Å². The molecule has 1 aromatic rings. The van der Waals surface area contributed by atoms with Crippen LogP contribution in [0.2, 0.25) is 0 Å². The van der Waals surface area contributed by atoms with Gasteiger partial charge in [0.25, 0.3) is 5.91 Å². The van der Waals surface area contributed by atoms with Gasteiger partial charge in [0, 0.05) is 16.2 Å². The summed E-state index contributed by atoms with van der Waals surface area (Å²) in [6.07, 6.45) is 0. The van der Waals surface area contributed by atoms with E-state index >= 15 is 0 Å². The van der Waals surface area contributed by atoms with Crippen molar-refractivity contribution in [2.75, 3.05) is 0 Å². The number of amides is 1. The third kappa shape index (κ3) is 1.04. The summed E-state index contributed by atoms with van der Waals surface area (Å²) in [6.45, 7) is 0.495. The van der Waals surface area contributed by atoms with Crippen LogP contribution in [0, 0.1) is 0 Å². The van der Waals surface area contributed by atoms with Crippen molar-refractivity contribution in [2.24, 2.45) is 0 Å². The topological polar surface area (TPSA) is 20.3 Å². The minimum Gasteiger partial charge on any atom is -0.268 e. The van der Waals surface area contributed by atoms with Gasteiger partial charge in [0.1, 0.15) is 0 Å². The quantitative estimate of drug-likeness (QED) is 0.644. The second kappa shape index (κ2) is 2.75. The summed E-state index contributed by atoms with van der Waals surface area (Å²) in [5, 5.41) is 0. The lowest BCUT2D eigenvalue weighted by atomic mass is 10.1. The monoisotopic (exact) mass is 245 g/mol. The van der Waals surface area contributed by atoms with E-state index in [1.807, 2.05) is 18.2 Å². The molecule has 12 heavy (non-hydrogen) atoms. The van der Waals surface area contributed by atoms with Gasteiger partial charge in [0.05, 0.1) is 12.1 Å². The van der Waals surface area contributed by atoms with Crippen molar-refractivity contribution in [3.63, 3.8) is 0 Å². The number of benzene rings is 1. The Labute approximate surface area is 83.4 Å². The molecule has 0 fully saturated rings. The first-order valence-corrected chi connectivity index (χ1v) is 4.58. The van der Waals surface area contributed by atoms with Crippen molar-refractivity contribution < 1.29 is 4.79 Å². The number of carbonyl (C=O) groups excluding carboxylic acids is 1. The van der Waals surface area contributed by atoms with Gasteiger partial charge in [-0.05, 0) is 27.6 Å². The van der Waals surface area contributed by atoms with Gasteiger partial charge in [-0.3, -0.25) is 4.79 Å². The van der Waals surface area contributed by atoms with Gasteiger partial charge in [-0.25, -0.2) is 4.42 Å². The molecular weight excluding hydrogens is 241 g/mol. The molecule has 0 radical (unpaired) electrons. The van der Waals surface area contributed by atoms with E-state index in [9.17, 15) is 4.79 Å². The van der Waals surface area contributed by atoms with E-state index in [2.05, 4.69) is 15.9 Å². The summed E-state index contributed by atoms with van der Waals surface area (Å²) in [7, 11) is 0. The van der Waals surface area contributed by atoms with Crippen LogP contribution in [0.3, 0.4) is 0 Å². The largest absolute Gasteiger partial charge is 0.270 e. The fraction of sp³-hybridized carbons (Fsp3) is 0.125. The number of halogens is 2. The van der Waals surface area contributed by atoms with E-state index in [-0.39, 0.29) is 5.91 Å². The van der Waals surface area contributed by atoms with Crippen LogP contribution in [0.4, 0.5) is 0 Å². The number of hydrogen-bond donors (Lipinski definition) is 0. The van der Waals surface area contributed by atoms with Crippen LogP contribution in [-0.2, 0) is 6.54 Å². The molecular formula is C8H5BrClNO. The predicted molar refractivity (Wildman–Crippen MR) is 49.9 cm³/mol. The Morgan fingerprint density at radius 3 is 2.92 bits per heavy atom. The highest BCUT2D eigenvalue weighted by Gasteiger charge is 2.27. The molecule has 62 valence electrons. The number of nitrogens with zero attached hydrogens (tertiary/aromatic N) is 1. The van der Waals surface area contributed by atoms with E-state index < -0.39 is 0 Å². The molecule has 0 aliphatic carbocycles. The van der Waals surface area contributed by atoms with Crippen molar-refractivity contribution >= 4 is 33.6 Å². The Balaban J connectivity index is 2.62. The first-order chi connectivity index (χ1) is 5.70. The molecule has 0 N–H and O–H groups in total. The van der Waals surface area contributed by atoms with Crippen molar-refractivity contribution in [3.8, 4) is 0 Å². The van der Waals surface area contributed by atoms with Crippen molar-refractivity contribution in [2.45, 2.75) is 6.54 Å². The maximum Gasteiger partial charge on any atom is 0.270 e. The Bertz CT molecular complexity index is 353. The second-order valence-electron chi connectivity index (χ2n) is 2.60. The lowest BCUT2D eigenvalue weighted by Crippen LogP contribution is -2.11. The van der Waals surface area contributed by atoms with Crippen molar-refractivity contribution in [3.05, 3.63) is 33.8 Å². The van der Waals surface area contributed by atoms with E-state index in [0.29, 0.717) is 12.1 Å². The van der Waals surface area contributed by atoms with Crippen LogP contribution in [0.25, 0.3) is 0 Å². The summed E-state index contributed by atoms with van der Waals surface area (Å²) in [4.78, 5) is 11.4. The number of hydrogen-bond acceptors (Lipinski definition) is 1. The van der Waals surface area contributed by atoms with Gasteiger partial charge < -0.3 is 0 Å². The highest BCUT2D eigenvalue weighted by atomic mass is 79.9. The van der Waals surface area contributed by atoms with Crippen molar-refractivity contribution in [1.29, 1.82) is 0 Å². The normalized spacial score (nSPS) is 15.2. The second-order valence-corrected chi connectivity index (χ2v) is 3.86. The zero-order valence-corrected chi connectivity index (χ0v) is 8.39. The average molecular weight is 246 g/mol. The fourth-order valence-electron chi connectivity index (χ4n) is 1.28. The maximum atomic E-state index is 11.4. The zero-order valence-electron chi connectivity index (χ0n) is 6.05.